The molecule has 3 rings (SSSR count). The Morgan fingerprint density at radius 1 is 1.04 bits per heavy atom. The minimum atomic E-state index is -0.220. The van der Waals surface area contributed by atoms with E-state index in [-0.39, 0.29) is 16.6 Å². The highest BCUT2D eigenvalue weighted by Crippen LogP contribution is 2.44. The maximum Gasteiger partial charge on any atom is 0.231 e. The summed E-state index contributed by atoms with van der Waals surface area (Å²) in [4.78, 5) is 13.5. The zero-order valence-electron chi connectivity index (χ0n) is 13.8. The van der Waals surface area contributed by atoms with Gasteiger partial charge >= 0.3 is 0 Å². The van der Waals surface area contributed by atoms with Crippen LogP contribution in [0.4, 0.5) is 0 Å². The van der Waals surface area contributed by atoms with Crippen molar-refractivity contribution < 1.29 is 4.79 Å². The van der Waals surface area contributed by atoms with Crippen molar-refractivity contribution in [3.05, 3.63) is 66.2 Å². The van der Waals surface area contributed by atoms with E-state index in [2.05, 4.69) is 41.7 Å². The Morgan fingerprint density at radius 3 is 2.21 bits per heavy atom. The van der Waals surface area contributed by atoms with Crippen LogP contribution in [0, 0.1) is 5.41 Å². The SMILES string of the molecule is NC(=O)C(Sc1ccccc1)C1(Cc2ccccc2)CCNCC1. The van der Waals surface area contributed by atoms with E-state index in [0.29, 0.717) is 0 Å². The normalized spacial score (nSPS) is 18.0. The van der Waals surface area contributed by atoms with Gasteiger partial charge in [0.25, 0.3) is 0 Å². The van der Waals surface area contributed by atoms with Crippen LogP contribution in [0.1, 0.15) is 18.4 Å². The molecule has 1 unspecified atom stereocenters. The van der Waals surface area contributed by atoms with E-state index in [1.54, 1.807) is 11.8 Å². The van der Waals surface area contributed by atoms with Gasteiger partial charge in [-0.25, -0.2) is 0 Å². The van der Waals surface area contributed by atoms with E-state index in [1.165, 1.54) is 5.56 Å². The maximum atomic E-state index is 12.4. The van der Waals surface area contributed by atoms with E-state index < -0.39 is 0 Å². The first-order valence-corrected chi connectivity index (χ1v) is 9.33. The Morgan fingerprint density at radius 2 is 1.62 bits per heavy atom. The van der Waals surface area contributed by atoms with Gasteiger partial charge in [0.05, 0.1) is 5.25 Å². The van der Waals surface area contributed by atoms with Gasteiger partial charge < -0.3 is 11.1 Å². The monoisotopic (exact) mass is 340 g/mol. The molecule has 1 heterocycles. The number of hydrogen-bond donors (Lipinski definition) is 2. The van der Waals surface area contributed by atoms with Crippen LogP contribution in [0.2, 0.25) is 0 Å². The maximum absolute atomic E-state index is 12.4. The Kier molecular flexibility index (Phi) is 5.59. The number of piperidine rings is 1. The lowest BCUT2D eigenvalue weighted by atomic mass is 9.71. The molecule has 1 saturated heterocycles. The molecule has 0 aromatic heterocycles. The molecule has 2 aromatic rings. The molecule has 126 valence electrons. The van der Waals surface area contributed by atoms with Gasteiger partial charge in [-0.05, 0) is 55.5 Å². The molecule has 0 spiro atoms. The summed E-state index contributed by atoms with van der Waals surface area (Å²) in [5.41, 5.74) is 7.05. The topological polar surface area (TPSA) is 55.1 Å². The lowest BCUT2D eigenvalue weighted by molar-refractivity contribution is -0.120. The number of carbonyl (C=O) groups is 1. The van der Waals surface area contributed by atoms with Crippen LogP contribution in [0.25, 0.3) is 0 Å². The van der Waals surface area contributed by atoms with Gasteiger partial charge in [-0.3, -0.25) is 4.79 Å². The molecule has 1 aliphatic heterocycles. The summed E-state index contributed by atoms with van der Waals surface area (Å²) < 4.78 is 0. The number of benzene rings is 2. The van der Waals surface area contributed by atoms with Gasteiger partial charge in [-0.15, -0.1) is 11.8 Å². The van der Waals surface area contributed by atoms with Crippen molar-refractivity contribution in [2.45, 2.75) is 29.4 Å². The van der Waals surface area contributed by atoms with Crippen molar-refractivity contribution in [2.75, 3.05) is 13.1 Å². The van der Waals surface area contributed by atoms with Crippen molar-refractivity contribution in [1.29, 1.82) is 0 Å². The van der Waals surface area contributed by atoms with Gasteiger partial charge in [0.2, 0.25) is 5.91 Å². The molecule has 0 bridgehead atoms. The molecule has 0 aliphatic carbocycles. The predicted molar refractivity (Wildman–Crippen MR) is 100.0 cm³/mol. The summed E-state index contributed by atoms with van der Waals surface area (Å²) in [6.07, 6.45) is 2.83. The first kappa shape index (κ1) is 17.1. The Hall–Kier alpha value is -1.78. The van der Waals surface area contributed by atoms with Crippen molar-refractivity contribution in [3.8, 4) is 0 Å². The van der Waals surface area contributed by atoms with Crippen LogP contribution >= 0.6 is 11.8 Å². The summed E-state index contributed by atoms with van der Waals surface area (Å²) in [6.45, 7) is 1.87. The van der Waals surface area contributed by atoms with E-state index in [4.69, 9.17) is 5.73 Å². The molecule has 24 heavy (non-hydrogen) atoms. The fourth-order valence-corrected chi connectivity index (χ4v) is 4.85. The third-order valence-electron chi connectivity index (χ3n) is 4.81. The molecule has 4 heteroatoms. The zero-order chi connectivity index (χ0) is 16.8. The quantitative estimate of drug-likeness (QED) is 0.794. The van der Waals surface area contributed by atoms with Gasteiger partial charge in [0, 0.05) is 4.90 Å². The van der Waals surface area contributed by atoms with Crippen LogP contribution in [0.5, 0.6) is 0 Å². The highest BCUT2D eigenvalue weighted by molar-refractivity contribution is 8.00. The molecule has 2 aromatic carbocycles. The number of thioether (sulfide) groups is 1. The Labute approximate surface area is 148 Å². The molecule has 3 N–H and O–H groups in total. The first-order chi connectivity index (χ1) is 11.7. The first-order valence-electron chi connectivity index (χ1n) is 8.45. The zero-order valence-corrected chi connectivity index (χ0v) is 14.6. The number of nitrogens with one attached hydrogen (secondary N) is 1. The number of carbonyl (C=O) groups excluding carboxylic acids is 1. The van der Waals surface area contributed by atoms with E-state index >= 15 is 0 Å². The largest absolute Gasteiger partial charge is 0.369 e. The third kappa shape index (κ3) is 4.00. The molecule has 3 nitrogen and oxygen atoms in total. The van der Waals surface area contributed by atoms with Crippen LogP contribution in [-0.4, -0.2) is 24.2 Å². The van der Waals surface area contributed by atoms with Gasteiger partial charge in [-0.2, -0.15) is 0 Å². The number of rotatable bonds is 6. The highest BCUT2D eigenvalue weighted by Gasteiger charge is 2.43. The van der Waals surface area contributed by atoms with Crippen molar-refractivity contribution in [1.82, 2.24) is 5.32 Å². The predicted octanol–water partition coefficient (Wildman–Crippen LogP) is 3.25. The third-order valence-corrected chi connectivity index (χ3v) is 6.32. The molecular weight excluding hydrogens is 316 g/mol. The molecular formula is C20H24N2OS. The van der Waals surface area contributed by atoms with Crippen molar-refractivity contribution in [3.63, 3.8) is 0 Å². The minimum Gasteiger partial charge on any atom is -0.369 e. The molecule has 1 aliphatic rings. The van der Waals surface area contributed by atoms with Crippen LogP contribution in [0.3, 0.4) is 0 Å². The van der Waals surface area contributed by atoms with E-state index in [9.17, 15) is 4.79 Å². The number of amides is 1. The number of hydrogen-bond acceptors (Lipinski definition) is 3. The molecule has 0 radical (unpaired) electrons. The minimum absolute atomic E-state index is 0.0983. The fourth-order valence-electron chi connectivity index (χ4n) is 3.58. The fraction of sp³-hybridized carbons (Fsp3) is 0.350. The van der Waals surface area contributed by atoms with Crippen molar-refractivity contribution >= 4 is 17.7 Å². The second kappa shape index (κ2) is 7.86. The summed E-state index contributed by atoms with van der Waals surface area (Å²) in [7, 11) is 0. The number of primary amides is 1. The van der Waals surface area contributed by atoms with E-state index in [0.717, 1.165) is 37.2 Å². The summed E-state index contributed by atoms with van der Waals surface area (Å²) in [5, 5.41) is 3.20. The molecule has 1 atom stereocenters. The lowest BCUT2D eigenvalue weighted by Gasteiger charge is -2.42. The second-order valence-electron chi connectivity index (χ2n) is 6.49. The van der Waals surface area contributed by atoms with Gasteiger partial charge in [-0.1, -0.05) is 48.5 Å². The lowest BCUT2D eigenvalue weighted by Crippen LogP contribution is -2.49. The van der Waals surface area contributed by atoms with Crippen LogP contribution < -0.4 is 11.1 Å². The summed E-state index contributed by atoms with van der Waals surface area (Å²) >= 11 is 1.62. The molecule has 1 amide bonds. The standard InChI is InChI=1S/C20H24N2OS/c21-19(23)18(24-17-9-5-2-6-10-17)20(11-13-22-14-12-20)15-16-7-3-1-4-8-16/h1-10,18,22H,11-15H2,(H2,21,23). The molecule has 1 fully saturated rings. The number of nitrogens with two attached hydrogens (primary N) is 1. The highest BCUT2D eigenvalue weighted by atomic mass is 32.2. The van der Waals surface area contributed by atoms with Gasteiger partial charge in [0.15, 0.2) is 0 Å². The second-order valence-corrected chi connectivity index (χ2v) is 7.67. The molecule has 0 saturated carbocycles. The summed E-state index contributed by atoms with van der Waals surface area (Å²) in [5.74, 6) is -0.207. The van der Waals surface area contributed by atoms with Gasteiger partial charge in [0.1, 0.15) is 0 Å². The Bertz CT molecular complexity index is 654. The van der Waals surface area contributed by atoms with Crippen LogP contribution in [-0.2, 0) is 11.2 Å². The van der Waals surface area contributed by atoms with Crippen molar-refractivity contribution in [2.24, 2.45) is 11.1 Å². The average Bonchev–Trinajstić information content (AvgIpc) is 2.62. The van der Waals surface area contributed by atoms with E-state index in [1.807, 2.05) is 24.3 Å². The van der Waals surface area contributed by atoms with Crippen LogP contribution in [0.15, 0.2) is 65.6 Å². The smallest absolute Gasteiger partial charge is 0.231 e. The Balaban J connectivity index is 1.90. The summed E-state index contributed by atoms with van der Waals surface area (Å²) in [6, 6.07) is 20.6. The average molecular weight is 340 g/mol.